The minimum Gasteiger partial charge on any atom is -0.382 e. The molecule has 4 nitrogen and oxygen atoms in total. The smallest absolute Gasteiger partial charge is 0.140 e. The quantitative estimate of drug-likeness (QED) is 0.872. The number of rotatable bonds is 6. The lowest BCUT2D eigenvalue weighted by atomic mass is 10.3. The van der Waals surface area contributed by atoms with Gasteiger partial charge in [0.05, 0.1) is 17.2 Å². The van der Waals surface area contributed by atoms with Gasteiger partial charge >= 0.3 is 0 Å². The number of halogens is 1. The molecule has 0 aliphatic rings. The zero-order valence-electron chi connectivity index (χ0n) is 9.79. The lowest BCUT2D eigenvalue weighted by Crippen LogP contribution is -2.27. The molecule has 1 aromatic heterocycles. The van der Waals surface area contributed by atoms with Crippen molar-refractivity contribution in [3.05, 3.63) is 22.3 Å². The number of anilines is 1. The molecular formula is C11H17BrN2O2. The fraction of sp³-hybridized carbons (Fsp3) is 0.545. The van der Waals surface area contributed by atoms with Gasteiger partial charge in [0.2, 0.25) is 0 Å². The van der Waals surface area contributed by atoms with Gasteiger partial charge in [0.25, 0.3) is 0 Å². The van der Waals surface area contributed by atoms with E-state index in [0.29, 0.717) is 13.2 Å². The van der Waals surface area contributed by atoms with Crippen LogP contribution < -0.4 is 5.32 Å². The SMILES string of the molecule is COCC(CNc1ncc(C)cc1Br)OC. The van der Waals surface area contributed by atoms with Gasteiger partial charge in [-0.3, -0.25) is 0 Å². The molecule has 1 unspecified atom stereocenters. The molecule has 16 heavy (non-hydrogen) atoms. The van der Waals surface area contributed by atoms with E-state index in [0.717, 1.165) is 15.9 Å². The van der Waals surface area contributed by atoms with Crippen molar-refractivity contribution in [1.29, 1.82) is 0 Å². The molecule has 1 rings (SSSR count). The lowest BCUT2D eigenvalue weighted by molar-refractivity contribution is 0.0365. The van der Waals surface area contributed by atoms with Gasteiger partial charge in [0.15, 0.2) is 0 Å². The molecule has 0 amide bonds. The minimum absolute atomic E-state index is 0.0278. The molecule has 0 spiro atoms. The monoisotopic (exact) mass is 288 g/mol. The summed E-state index contributed by atoms with van der Waals surface area (Å²) in [6.45, 7) is 3.23. The van der Waals surface area contributed by atoms with E-state index in [2.05, 4.69) is 26.2 Å². The molecule has 0 fully saturated rings. The Morgan fingerprint density at radius 2 is 2.25 bits per heavy atom. The van der Waals surface area contributed by atoms with Gasteiger partial charge in [0, 0.05) is 27.0 Å². The molecule has 0 bridgehead atoms. The first-order valence-corrected chi connectivity index (χ1v) is 5.84. The molecule has 0 saturated heterocycles. The van der Waals surface area contributed by atoms with E-state index < -0.39 is 0 Å². The van der Waals surface area contributed by atoms with Crippen LogP contribution in [0.4, 0.5) is 5.82 Å². The highest BCUT2D eigenvalue weighted by atomic mass is 79.9. The van der Waals surface area contributed by atoms with E-state index in [1.54, 1.807) is 14.2 Å². The number of hydrogen-bond donors (Lipinski definition) is 1. The van der Waals surface area contributed by atoms with Gasteiger partial charge < -0.3 is 14.8 Å². The maximum atomic E-state index is 5.25. The number of aryl methyl sites for hydroxylation is 1. The summed E-state index contributed by atoms with van der Waals surface area (Å²) in [6.07, 6.45) is 1.85. The molecule has 90 valence electrons. The predicted molar refractivity (Wildman–Crippen MR) is 67.8 cm³/mol. The van der Waals surface area contributed by atoms with Gasteiger partial charge in [-0.1, -0.05) is 0 Å². The van der Waals surface area contributed by atoms with Crippen LogP contribution >= 0.6 is 15.9 Å². The number of ether oxygens (including phenoxy) is 2. The first kappa shape index (κ1) is 13.4. The second-order valence-corrected chi connectivity index (χ2v) is 4.39. The molecular weight excluding hydrogens is 272 g/mol. The van der Waals surface area contributed by atoms with E-state index in [1.165, 1.54) is 0 Å². The topological polar surface area (TPSA) is 43.4 Å². The average Bonchev–Trinajstić information content (AvgIpc) is 2.26. The molecule has 0 saturated carbocycles. The average molecular weight is 289 g/mol. The van der Waals surface area contributed by atoms with Crippen LogP contribution in [0.3, 0.4) is 0 Å². The van der Waals surface area contributed by atoms with Crippen LogP contribution in [-0.2, 0) is 9.47 Å². The number of pyridine rings is 1. The van der Waals surface area contributed by atoms with Gasteiger partial charge in [-0.15, -0.1) is 0 Å². The van der Waals surface area contributed by atoms with Crippen LogP contribution in [0, 0.1) is 6.92 Å². The Bertz CT molecular complexity index is 334. The summed E-state index contributed by atoms with van der Waals surface area (Å²) >= 11 is 3.46. The maximum Gasteiger partial charge on any atom is 0.140 e. The van der Waals surface area contributed by atoms with Crippen LogP contribution in [0.5, 0.6) is 0 Å². The third kappa shape index (κ3) is 4.08. The highest BCUT2D eigenvalue weighted by Gasteiger charge is 2.08. The second kappa shape index (κ2) is 6.83. The third-order valence-electron chi connectivity index (χ3n) is 2.16. The van der Waals surface area contributed by atoms with Gasteiger partial charge in [-0.05, 0) is 34.5 Å². The number of nitrogens with one attached hydrogen (secondary N) is 1. The lowest BCUT2D eigenvalue weighted by Gasteiger charge is -2.16. The molecule has 0 aliphatic heterocycles. The Morgan fingerprint density at radius 1 is 1.50 bits per heavy atom. The van der Waals surface area contributed by atoms with Crippen LogP contribution in [-0.4, -0.2) is 38.5 Å². The molecule has 5 heteroatoms. The van der Waals surface area contributed by atoms with Crippen LogP contribution in [0.25, 0.3) is 0 Å². The normalized spacial score (nSPS) is 12.5. The van der Waals surface area contributed by atoms with Gasteiger partial charge in [0.1, 0.15) is 5.82 Å². The Kier molecular flexibility index (Phi) is 5.73. The third-order valence-corrected chi connectivity index (χ3v) is 2.77. The van der Waals surface area contributed by atoms with Crippen molar-refractivity contribution in [3.8, 4) is 0 Å². The Balaban J connectivity index is 2.53. The first-order chi connectivity index (χ1) is 7.67. The first-order valence-electron chi connectivity index (χ1n) is 5.05. The molecule has 0 aliphatic carbocycles. The van der Waals surface area contributed by atoms with E-state index in [-0.39, 0.29) is 6.10 Å². The van der Waals surface area contributed by atoms with Crippen LogP contribution in [0.2, 0.25) is 0 Å². The van der Waals surface area contributed by atoms with E-state index in [9.17, 15) is 0 Å². The van der Waals surface area contributed by atoms with Gasteiger partial charge in [-0.2, -0.15) is 0 Å². The van der Waals surface area contributed by atoms with Crippen molar-refractivity contribution in [2.24, 2.45) is 0 Å². The Hall–Kier alpha value is -0.650. The second-order valence-electron chi connectivity index (χ2n) is 3.54. The number of hydrogen-bond acceptors (Lipinski definition) is 4. The summed E-state index contributed by atoms with van der Waals surface area (Å²) in [5.41, 5.74) is 1.12. The fourth-order valence-corrected chi connectivity index (χ4v) is 1.87. The largest absolute Gasteiger partial charge is 0.382 e. The zero-order chi connectivity index (χ0) is 12.0. The van der Waals surface area contributed by atoms with Crippen LogP contribution in [0.15, 0.2) is 16.7 Å². The molecule has 1 N–H and O–H groups in total. The van der Waals surface area contributed by atoms with E-state index >= 15 is 0 Å². The van der Waals surface area contributed by atoms with E-state index in [1.807, 2.05) is 19.2 Å². The highest BCUT2D eigenvalue weighted by molar-refractivity contribution is 9.10. The summed E-state index contributed by atoms with van der Waals surface area (Å²) < 4.78 is 11.2. The summed E-state index contributed by atoms with van der Waals surface area (Å²) in [6, 6.07) is 2.02. The van der Waals surface area contributed by atoms with Gasteiger partial charge in [-0.25, -0.2) is 4.98 Å². The summed E-state index contributed by atoms with van der Waals surface area (Å²) in [7, 11) is 3.33. The van der Waals surface area contributed by atoms with Crippen molar-refractivity contribution < 1.29 is 9.47 Å². The highest BCUT2D eigenvalue weighted by Crippen LogP contribution is 2.20. The molecule has 0 aromatic carbocycles. The van der Waals surface area contributed by atoms with Crippen molar-refractivity contribution in [1.82, 2.24) is 4.98 Å². The van der Waals surface area contributed by atoms with Crippen molar-refractivity contribution >= 4 is 21.7 Å². The van der Waals surface area contributed by atoms with Crippen molar-refractivity contribution in [2.45, 2.75) is 13.0 Å². The summed E-state index contributed by atoms with van der Waals surface area (Å²) in [5, 5.41) is 3.21. The van der Waals surface area contributed by atoms with Crippen molar-refractivity contribution in [2.75, 3.05) is 32.7 Å². The molecule has 0 radical (unpaired) electrons. The predicted octanol–water partition coefficient (Wildman–Crippen LogP) is 2.23. The summed E-state index contributed by atoms with van der Waals surface area (Å²) in [4.78, 5) is 4.29. The van der Waals surface area contributed by atoms with Crippen LogP contribution in [0.1, 0.15) is 5.56 Å². The molecule has 1 aromatic rings. The minimum atomic E-state index is 0.0278. The maximum absolute atomic E-state index is 5.25. The zero-order valence-corrected chi connectivity index (χ0v) is 11.4. The Morgan fingerprint density at radius 3 is 2.81 bits per heavy atom. The number of methoxy groups -OCH3 is 2. The van der Waals surface area contributed by atoms with Crippen molar-refractivity contribution in [3.63, 3.8) is 0 Å². The standard InChI is InChI=1S/C11H17BrN2O2/c1-8-4-10(12)11(13-5-8)14-6-9(16-3)7-15-2/h4-5,9H,6-7H2,1-3H3,(H,13,14). The fourth-order valence-electron chi connectivity index (χ4n) is 1.27. The summed E-state index contributed by atoms with van der Waals surface area (Å²) in [5.74, 6) is 0.823. The molecule has 1 atom stereocenters. The van der Waals surface area contributed by atoms with E-state index in [4.69, 9.17) is 9.47 Å². The number of aromatic nitrogens is 1. The molecule has 1 heterocycles. The number of nitrogens with zero attached hydrogens (tertiary/aromatic N) is 1. The Labute approximate surface area is 104 Å².